The molecule has 0 bridgehead atoms. The Morgan fingerprint density at radius 2 is 1.88 bits per heavy atom. The summed E-state index contributed by atoms with van der Waals surface area (Å²) in [5.74, 6) is -0.110. The van der Waals surface area contributed by atoms with Crippen LogP contribution in [0.2, 0.25) is 0 Å². The van der Waals surface area contributed by atoms with Crippen molar-refractivity contribution in [2.24, 2.45) is 0 Å². The first kappa shape index (κ1) is 21.6. The normalized spacial score (nSPS) is 14.3. The Labute approximate surface area is 194 Å². The number of carboxylic acids is 1. The number of aromatic nitrogens is 6. The van der Waals surface area contributed by atoms with E-state index < -0.39 is 5.97 Å². The Hall–Kier alpha value is -4.22. The Kier molecular flexibility index (Phi) is 5.48. The van der Waals surface area contributed by atoms with Crippen molar-refractivity contribution >= 4 is 40.1 Å². The second kappa shape index (κ2) is 8.61. The van der Waals surface area contributed by atoms with Gasteiger partial charge in [-0.3, -0.25) is 4.79 Å². The van der Waals surface area contributed by atoms with Gasteiger partial charge in [-0.25, -0.2) is 14.5 Å². The van der Waals surface area contributed by atoms with E-state index in [1.165, 1.54) is 10.9 Å². The summed E-state index contributed by atoms with van der Waals surface area (Å²) < 4.78 is 8.47. The number of anilines is 1. The van der Waals surface area contributed by atoms with E-state index in [0.717, 1.165) is 10.9 Å². The summed E-state index contributed by atoms with van der Waals surface area (Å²) in [6.45, 7) is 5.29. The van der Waals surface area contributed by atoms with E-state index in [1.807, 2.05) is 43.0 Å². The number of benzene rings is 1. The Morgan fingerprint density at radius 3 is 2.62 bits per heavy atom. The molecule has 1 aliphatic rings. The van der Waals surface area contributed by atoms with E-state index in [1.54, 1.807) is 15.8 Å². The number of piperazine rings is 1. The zero-order valence-electron chi connectivity index (χ0n) is 18.8. The van der Waals surface area contributed by atoms with Crippen molar-refractivity contribution in [2.75, 3.05) is 31.1 Å². The largest absolute Gasteiger partial charge is 0.480 e. The van der Waals surface area contributed by atoms with Gasteiger partial charge in [0.15, 0.2) is 17.0 Å². The standard InChI is InChI=1S/C22H24N8O4/c1-14(2)34-22(33)28-9-7-27(8-10-28)21-25-19-18(23-13-29(19)12-17(31)32)20(26-21)30-16-6-4-3-5-15(16)11-24-30/h3-6,11,13-14H,7-10,12H2,1-2H3,(H,31,32). The Balaban J connectivity index is 1.54. The molecule has 34 heavy (non-hydrogen) atoms. The molecule has 176 valence electrons. The number of imidazole rings is 1. The van der Waals surface area contributed by atoms with Gasteiger partial charge >= 0.3 is 12.1 Å². The van der Waals surface area contributed by atoms with E-state index in [2.05, 4.69) is 15.1 Å². The molecule has 0 aliphatic carbocycles. The lowest BCUT2D eigenvalue weighted by Crippen LogP contribution is -2.49. The number of hydrogen-bond acceptors (Lipinski definition) is 8. The summed E-state index contributed by atoms with van der Waals surface area (Å²) in [6.07, 6.45) is 2.68. The van der Waals surface area contributed by atoms with Crippen LogP contribution in [0.4, 0.5) is 10.7 Å². The highest BCUT2D eigenvalue weighted by Crippen LogP contribution is 2.25. The highest BCUT2D eigenvalue weighted by Gasteiger charge is 2.26. The van der Waals surface area contributed by atoms with Gasteiger partial charge in [0.25, 0.3) is 0 Å². The first-order valence-electron chi connectivity index (χ1n) is 11.0. The Morgan fingerprint density at radius 1 is 1.12 bits per heavy atom. The van der Waals surface area contributed by atoms with E-state index >= 15 is 0 Å². The summed E-state index contributed by atoms with van der Waals surface area (Å²) in [5, 5.41) is 14.8. The predicted molar refractivity (Wildman–Crippen MR) is 123 cm³/mol. The van der Waals surface area contributed by atoms with E-state index in [-0.39, 0.29) is 18.7 Å². The second-order valence-corrected chi connectivity index (χ2v) is 8.31. The SMILES string of the molecule is CC(C)OC(=O)N1CCN(c2nc(-n3ncc4ccccc43)c3ncn(CC(=O)O)c3n2)CC1. The average Bonchev–Trinajstić information content (AvgIpc) is 3.42. The molecule has 1 aromatic carbocycles. The van der Waals surface area contributed by atoms with Crippen molar-refractivity contribution in [3.63, 3.8) is 0 Å². The van der Waals surface area contributed by atoms with Crippen molar-refractivity contribution in [1.82, 2.24) is 34.2 Å². The fourth-order valence-electron chi connectivity index (χ4n) is 3.97. The average molecular weight is 464 g/mol. The molecular formula is C22H24N8O4. The van der Waals surface area contributed by atoms with Crippen LogP contribution < -0.4 is 4.90 Å². The molecular weight excluding hydrogens is 440 g/mol. The van der Waals surface area contributed by atoms with E-state index in [9.17, 15) is 14.7 Å². The minimum atomic E-state index is -0.997. The highest BCUT2D eigenvalue weighted by atomic mass is 16.6. The number of fused-ring (bicyclic) bond motifs is 2. The number of para-hydroxylation sites is 1. The molecule has 0 radical (unpaired) electrons. The predicted octanol–water partition coefficient (Wildman–Crippen LogP) is 1.92. The molecule has 4 heterocycles. The zero-order chi connectivity index (χ0) is 23.8. The fourth-order valence-corrected chi connectivity index (χ4v) is 3.97. The smallest absolute Gasteiger partial charge is 0.410 e. The molecule has 3 aromatic heterocycles. The molecule has 0 saturated carbocycles. The number of ether oxygens (including phenoxy) is 1. The van der Waals surface area contributed by atoms with E-state index in [4.69, 9.17) is 9.72 Å². The molecule has 1 fully saturated rings. The van der Waals surface area contributed by atoms with Gasteiger partial charge in [-0.1, -0.05) is 18.2 Å². The summed E-state index contributed by atoms with van der Waals surface area (Å²) in [6, 6.07) is 7.74. The van der Waals surface area contributed by atoms with Gasteiger partial charge in [-0.05, 0) is 19.9 Å². The summed E-state index contributed by atoms with van der Waals surface area (Å²) in [7, 11) is 0. The summed E-state index contributed by atoms with van der Waals surface area (Å²) in [4.78, 5) is 41.1. The van der Waals surface area contributed by atoms with Crippen molar-refractivity contribution in [1.29, 1.82) is 0 Å². The molecule has 1 aliphatic heterocycles. The van der Waals surface area contributed by atoms with Crippen LogP contribution in [0, 0.1) is 0 Å². The number of carbonyl (C=O) groups excluding carboxylic acids is 1. The molecule has 1 amide bonds. The monoisotopic (exact) mass is 464 g/mol. The van der Waals surface area contributed by atoms with Crippen molar-refractivity contribution in [2.45, 2.75) is 26.5 Å². The molecule has 0 atom stereocenters. The lowest BCUT2D eigenvalue weighted by Gasteiger charge is -2.34. The minimum absolute atomic E-state index is 0.183. The molecule has 12 nitrogen and oxygen atoms in total. The van der Waals surface area contributed by atoms with Crippen molar-refractivity contribution < 1.29 is 19.4 Å². The molecule has 12 heteroatoms. The second-order valence-electron chi connectivity index (χ2n) is 8.31. The van der Waals surface area contributed by atoms with Crippen LogP contribution in [0.3, 0.4) is 0 Å². The van der Waals surface area contributed by atoms with Crippen molar-refractivity contribution in [3.8, 4) is 5.82 Å². The number of amides is 1. The third-order valence-corrected chi connectivity index (χ3v) is 5.57. The first-order valence-corrected chi connectivity index (χ1v) is 11.0. The topological polar surface area (TPSA) is 132 Å². The van der Waals surface area contributed by atoms with Gasteiger partial charge in [0.1, 0.15) is 6.54 Å². The number of carbonyl (C=O) groups is 2. The van der Waals surface area contributed by atoms with Crippen LogP contribution in [-0.2, 0) is 16.1 Å². The van der Waals surface area contributed by atoms with Gasteiger partial charge in [0.05, 0.1) is 24.1 Å². The van der Waals surface area contributed by atoms with Gasteiger partial charge in [0, 0.05) is 31.6 Å². The fraction of sp³-hybridized carbons (Fsp3) is 0.364. The maximum absolute atomic E-state index is 12.2. The quantitative estimate of drug-likeness (QED) is 0.470. The van der Waals surface area contributed by atoms with Crippen LogP contribution >= 0.6 is 0 Å². The lowest BCUT2D eigenvalue weighted by molar-refractivity contribution is -0.137. The number of nitrogens with zero attached hydrogens (tertiary/aromatic N) is 8. The number of hydrogen-bond donors (Lipinski definition) is 1. The van der Waals surface area contributed by atoms with Gasteiger partial charge in [-0.15, -0.1) is 0 Å². The van der Waals surface area contributed by atoms with E-state index in [0.29, 0.717) is 49.1 Å². The zero-order valence-corrected chi connectivity index (χ0v) is 18.8. The Bertz CT molecular complexity index is 1370. The summed E-state index contributed by atoms with van der Waals surface area (Å²) in [5.41, 5.74) is 1.71. The lowest BCUT2D eigenvalue weighted by atomic mass is 10.2. The van der Waals surface area contributed by atoms with Gasteiger partial charge in [0.2, 0.25) is 5.95 Å². The molecule has 1 saturated heterocycles. The molecule has 5 rings (SSSR count). The van der Waals surface area contributed by atoms with Crippen LogP contribution in [0.5, 0.6) is 0 Å². The minimum Gasteiger partial charge on any atom is -0.480 e. The van der Waals surface area contributed by atoms with Gasteiger partial charge in [-0.2, -0.15) is 15.1 Å². The molecule has 1 N–H and O–H groups in total. The van der Waals surface area contributed by atoms with Crippen LogP contribution in [0.25, 0.3) is 27.9 Å². The third-order valence-electron chi connectivity index (χ3n) is 5.57. The molecule has 0 spiro atoms. The van der Waals surface area contributed by atoms with Gasteiger partial charge < -0.3 is 24.2 Å². The number of carboxylic acid groups (broad SMARTS) is 1. The summed E-state index contributed by atoms with van der Waals surface area (Å²) >= 11 is 0. The highest BCUT2D eigenvalue weighted by molar-refractivity contribution is 5.86. The van der Waals surface area contributed by atoms with Crippen LogP contribution in [0.15, 0.2) is 36.8 Å². The van der Waals surface area contributed by atoms with Crippen LogP contribution in [-0.4, -0.2) is 83.7 Å². The van der Waals surface area contributed by atoms with Crippen molar-refractivity contribution in [3.05, 3.63) is 36.8 Å². The molecule has 0 unspecified atom stereocenters. The maximum Gasteiger partial charge on any atom is 0.410 e. The maximum atomic E-state index is 12.2. The van der Waals surface area contributed by atoms with Crippen LogP contribution in [0.1, 0.15) is 13.8 Å². The number of aliphatic carboxylic acids is 1. The number of rotatable bonds is 5. The third kappa shape index (κ3) is 3.98. The molecule has 4 aromatic rings. The first-order chi connectivity index (χ1) is 16.4.